The lowest BCUT2D eigenvalue weighted by Crippen LogP contribution is -2.21. The van der Waals surface area contributed by atoms with Crippen molar-refractivity contribution in [2.24, 2.45) is 7.05 Å². The summed E-state index contributed by atoms with van der Waals surface area (Å²) < 4.78 is 7.23. The van der Waals surface area contributed by atoms with E-state index in [-0.39, 0.29) is 6.04 Å². The van der Waals surface area contributed by atoms with Gasteiger partial charge in [-0.3, -0.25) is 4.68 Å². The minimum atomic E-state index is 0.253. The number of hydrogen-bond donors (Lipinski definition) is 1. The summed E-state index contributed by atoms with van der Waals surface area (Å²) in [5.41, 5.74) is 1.24. The highest BCUT2D eigenvalue weighted by Gasteiger charge is 2.07. The van der Waals surface area contributed by atoms with Gasteiger partial charge in [0.15, 0.2) is 0 Å². The van der Waals surface area contributed by atoms with Crippen LogP contribution in [0.4, 0.5) is 0 Å². The van der Waals surface area contributed by atoms with Crippen LogP contribution >= 0.6 is 0 Å². The van der Waals surface area contributed by atoms with Crippen LogP contribution < -0.4 is 5.32 Å². The standard InChI is InChI=1S/C12H17N3O/c1-10(12-4-3-9-16-12)13-7-5-11-6-8-14-15(11)2/h3-4,6,8-10,13H,5,7H2,1-2H3/t10-/m1/s1. The molecular weight excluding hydrogens is 202 g/mol. The Bertz CT molecular complexity index is 419. The SMILES string of the molecule is C[C@@H](NCCc1ccnn1C)c1ccco1. The number of furan rings is 1. The van der Waals surface area contributed by atoms with Crippen molar-refractivity contribution in [3.05, 3.63) is 42.1 Å². The highest BCUT2D eigenvalue weighted by Crippen LogP contribution is 2.11. The van der Waals surface area contributed by atoms with Crippen LogP contribution in [0, 0.1) is 0 Å². The van der Waals surface area contributed by atoms with Gasteiger partial charge in [-0.2, -0.15) is 5.10 Å². The van der Waals surface area contributed by atoms with Crippen molar-refractivity contribution in [1.82, 2.24) is 15.1 Å². The fourth-order valence-corrected chi connectivity index (χ4v) is 1.70. The van der Waals surface area contributed by atoms with Crippen molar-refractivity contribution < 1.29 is 4.42 Å². The van der Waals surface area contributed by atoms with Crippen LogP contribution in [0.1, 0.15) is 24.4 Å². The summed E-state index contributed by atoms with van der Waals surface area (Å²) >= 11 is 0. The third kappa shape index (κ3) is 2.52. The molecule has 0 aliphatic heterocycles. The molecule has 0 radical (unpaired) electrons. The van der Waals surface area contributed by atoms with E-state index < -0.39 is 0 Å². The Morgan fingerprint density at radius 1 is 1.50 bits per heavy atom. The molecule has 1 atom stereocenters. The molecule has 2 aromatic heterocycles. The molecule has 0 saturated carbocycles. The predicted molar refractivity (Wildman–Crippen MR) is 62.0 cm³/mol. The smallest absolute Gasteiger partial charge is 0.120 e. The summed E-state index contributed by atoms with van der Waals surface area (Å²) in [5, 5.41) is 7.55. The Labute approximate surface area is 95.3 Å². The maximum Gasteiger partial charge on any atom is 0.120 e. The molecule has 0 bridgehead atoms. The van der Waals surface area contributed by atoms with Gasteiger partial charge in [-0.15, -0.1) is 0 Å². The van der Waals surface area contributed by atoms with E-state index in [0.29, 0.717) is 0 Å². The van der Waals surface area contributed by atoms with E-state index in [2.05, 4.69) is 17.3 Å². The normalized spacial score (nSPS) is 12.9. The fourth-order valence-electron chi connectivity index (χ4n) is 1.70. The summed E-state index contributed by atoms with van der Waals surface area (Å²) in [6, 6.07) is 6.19. The lowest BCUT2D eigenvalue weighted by Gasteiger charge is -2.10. The van der Waals surface area contributed by atoms with E-state index >= 15 is 0 Å². The van der Waals surface area contributed by atoms with E-state index in [1.807, 2.05) is 36.1 Å². The monoisotopic (exact) mass is 219 g/mol. The minimum absolute atomic E-state index is 0.253. The van der Waals surface area contributed by atoms with Gasteiger partial charge in [-0.25, -0.2) is 0 Å². The molecule has 16 heavy (non-hydrogen) atoms. The Morgan fingerprint density at radius 3 is 3.00 bits per heavy atom. The number of nitrogens with zero attached hydrogens (tertiary/aromatic N) is 2. The highest BCUT2D eigenvalue weighted by molar-refractivity contribution is 5.04. The van der Waals surface area contributed by atoms with Gasteiger partial charge in [0.05, 0.1) is 12.3 Å². The molecule has 2 heterocycles. The molecule has 0 aliphatic rings. The van der Waals surface area contributed by atoms with Crippen molar-refractivity contribution >= 4 is 0 Å². The first kappa shape index (κ1) is 11.0. The number of aromatic nitrogens is 2. The number of nitrogens with one attached hydrogen (secondary N) is 1. The van der Waals surface area contributed by atoms with Crippen molar-refractivity contribution in [3.63, 3.8) is 0 Å². The van der Waals surface area contributed by atoms with Crippen LogP contribution in [-0.2, 0) is 13.5 Å². The van der Waals surface area contributed by atoms with Crippen molar-refractivity contribution in [3.8, 4) is 0 Å². The third-order valence-corrected chi connectivity index (χ3v) is 2.72. The molecule has 4 nitrogen and oxygen atoms in total. The first-order chi connectivity index (χ1) is 7.77. The summed E-state index contributed by atoms with van der Waals surface area (Å²) in [6.07, 6.45) is 4.50. The number of rotatable bonds is 5. The van der Waals surface area contributed by atoms with Gasteiger partial charge in [-0.05, 0) is 25.1 Å². The maximum absolute atomic E-state index is 5.33. The van der Waals surface area contributed by atoms with E-state index in [9.17, 15) is 0 Å². The molecular formula is C12H17N3O. The van der Waals surface area contributed by atoms with Crippen LogP contribution in [0.5, 0.6) is 0 Å². The van der Waals surface area contributed by atoms with Gasteiger partial charge in [0.25, 0.3) is 0 Å². The molecule has 86 valence electrons. The average molecular weight is 219 g/mol. The zero-order chi connectivity index (χ0) is 11.4. The van der Waals surface area contributed by atoms with Gasteiger partial charge >= 0.3 is 0 Å². The fraction of sp³-hybridized carbons (Fsp3) is 0.417. The molecule has 0 saturated heterocycles. The van der Waals surface area contributed by atoms with Gasteiger partial charge in [-0.1, -0.05) is 0 Å². The number of aryl methyl sites for hydroxylation is 1. The molecule has 0 unspecified atom stereocenters. The Hall–Kier alpha value is -1.55. The van der Waals surface area contributed by atoms with Crippen molar-refractivity contribution in [1.29, 1.82) is 0 Å². The topological polar surface area (TPSA) is 43.0 Å². The van der Waals surface area contributed by atoms with E-state index in [0.717, 1.165) is 18.7 Å². The lowest BCUT2D eigenvalue weighted by molar-refractivity contribution is 0.431. The summed E-state index contributed by atoms with van der Waals surface area (Å²) in [5.74, 6) is 0.977. The third-order valence-electron chi connectivity index (χ3n) is 2.72. The number of hydrogen-bond acceptors (Lipinski definition) is 3. The first-order valence-corrected chi connectivity index (χ1v) is 5.51. The zero-order valence-corrected chi connectivity index (χ0v) is 9.68. The first-order valence-electron chi connectivity index (χ1n) is 5.51. The molecule has 4 heteroatoms. The van der Waals surface area contributed by atoms with Crippen LogP contribution in [0.3, 0.4) is 0 Å². The Morgan fingerprint density at radius 2 is 2.38 bits per heavy atom. The summed E-state index contributed by atoms with van der Waals surface area (Å²) in [4.78, 5) is 0. The minimum Gasteiger partial charge on any atom is -0.468 e. The molecule has 0 aliphatic carbocycles. The zero-order valence-electron chi connectivity index (χ0n) is 9.68. The van der Waals surface area contributed by atoms with Gasteiger partial charge in [0.2, 0.25) is 0 Å². The Kier molecular flexibility index (Phi) is 3.41. The Balaban J connectivity index is 1.78. The second-order valence-electron chi connectivity index (χ2n) is 3.89. The second kappa shape index (κ2) is 4.99. The van der Waals surface area contributed by atoms with Crippen LogP contribution in [-0.4, -0.2) is 16.3 Å². The van der Waals surface area contributed by atoms with E-state index in [1.165, 1.54) is 5.69 Å². The molecule has 1 N–H and O–H groups in total. The highest BCUT2D eigenvalue weighted by atomic mass is 16.3. The quantitative estimate of drug-likeness (QED) is 0.835. The van der Waals surface area contributed by atoms with Crippen LogP contribution in [0.15, 0.2) is 35.1 Å². The molecule has 0 amide bonds. The summed E-state index contributed by atoms with van der Waals surface area (Å²) in [7, 11) is 1.96. The van der Waals surface area contributed by atoms with Crippen LogP contribution in [0.2, 0.25) is 0 Å². The lowest BCUT2D eigenvalue weighted by atomic mass is 10.2. The van der Waals surface area contributed by atoms with E-state index in [4.69, 9.17) is 4.42 Å². The van der Waals surface area contributed by atoms with Crippen molar-refractivity contribution in [2.75, 3.05) is 6.54 Å². The maximum atomic E-state index is 5.33. The van der Waals surface area contributed by atoms with Crippen molar-refractivity contribution in [2.45, 2.75) is 19.4 Å². The van der Waals surface area contributed by atoms with Gasteiger partial charge in [0.1, 0.15) is 5.76 Å². The van der Waals surface area contributed by atoms with E-state index in [1.54, 1.807) is 6.26 Å². The molecule has 0 aromatic carbocycles. The largest absolute Gasteiger partial charge is 0.468 e. The van der Waals surface area contributed by atoms with Gasteiger partial charge in [0, 0.05) is 31.9 Å². The second-order valence-corrected chi connectivity index (χ2v) is 3.89. The predicted octanol–water partition coefficient (Wildman–Crippen LogP) is 1.91. The van der Waals surface area contributed by atoms with Crippen LogP contribution in [0.25, 0.3) is 0 Å². The van der Waals surface area contributed by atoms with Gasteiger partial charge < -0.3 is 9.73 Å². The molecule has 2 rings (SSSR count). The average Bonchev–Trinajstić information content (AvgIpc) is 2.90. The summed E-state index contributed by atoms with van der Waals surface area (Å²) in [6.45, 7) is 3.02. The molecule has 2 aromatic rings. The molecule has 0 spiro atoms. The molecule has 0 fully saturated rings.